The number of carbonyl (C=O) groups excluding carboxylic acids is 2. The first-order chi connectivity index (χ1) is 13.7. The molecule has 1 unspecified atom stereocenters. The minimum atomic E-state index is -0.641. The van der Waals surface area contributed by atoms with E-state index >= 15 is 0 Å². The molecule has 0 aromatic heterocycles. The summed E-state index contributed by atoms with van der Waals surface area (Å²) in [7, 11) is 4.97. The number of allylic oxidation sites excluding steroid dienone is 1. The van der Waals surface area contributed by atoms with Gasteiger partial charge in [-0.3, -0.25) is 9.69 Å². The van der Waals surface area contributed by atoms with Gasteiger partial charge < -0.3 is 19.5 Å². The lowest BCUT2D eigenvalue weighted by atomic mass is 9.75. The van der Waals surface area contributed by atoms with E-state index in [1.807, 2.05) is 18.9 Å². The number of benzene rings is 1. The van der Waals surface area contributed by atoms with Gasteiger partial charge in [-0.05, 0) is 31.5 Å². The second kappa shape index (κ2) is 7.66. The van der Waals surface area contributed by atoms with Gasteiger partial charge in [-0.1, -0.05) is 18.2 Å². The summed E-state index contributed by atoms with van der Waals surface area (Å²) in [6.07, 6.45) is 0.449. The number of hydrogen-bond donors (Lipinski definition) is 1. The van der Waals surface area contributed by atoms with Crippen LogP contribution in [0.1, 0.15) is 31.7 Å². The van der Waals surface area contributed by atoms with E-state index in [2.05, 4.69) is 6.58 Å². The van der Waals surface area contributed by atoms with Crippen LogP contribution in [0.4, 0.5) is 0 Å². The molecule has 29 heavy (non-hydrogen) atoms. The van der Waals surface area contributed by atoms with Crippen molar-refractivity contribution in [1.82, 2.24) is 9.80 Å². The molecule has 1 aliphatic heterocycles. The van der Waals surface area contributed by atoms with Gasteiger partial charge in [0.15, 0.2) is 11.5 Å². The highest BCUT2D eigenvalue weighted by Gasteiger charge is 2.43. The van der Waals surface area contributed by atoms with Crippen LogP contribution in [0, 0.1) is 0 Å². The Hall–Kier alpha value is -3.22. The number of nitrogens with zero attached hydrogens (tertiary/aromatic N) is 2. The van der Waals surface area contributed by atoms with Crippen LogP contribution in [0.5, 0.6) is 11.5 Å². The molecule has 0 fully saturated rings. The van der Waals surface area contributed by atoms with Crippen molar-refractivity contribution in [1.29, 1.82) is 0 Å². The lowest BCUT2D eigenvalue weighted by Crippen LogP contribution is -2.44. The van der Waals surface area contributed by atoms with Crippen LogP contribution in [0.25, 0.3) is 0 Å². The monoisotopic (exact) mass is 398 g/mol. The molecule has 1 N–H and O–H groups in total. The van der Waals surface area contributed by atoms with E-state index in [4.69, 9.17) is 9.47 Å². The van der Waals surface area contributed by atoms with Gasteiger partial charge >= 0.3 is 5.97 Å². The van der Waals surface area contributed by atoms with Crippen LogP contribution >= 0.6 is 0 Å². The van der Waals surface area contributed by atoms with E-state index in [0.717, 1.165) is 11.3 Å². The standard InChI is InChI=1S/C22H26N2O5/c1-7-29-22(27)18-12(2)10-15-20(21(26)24(5)13(3)23(15)4)19(18)14-8-9-16(25)17(11-14)28-6/h8-9,11,19,25H,3,7,10H2,1-2,4-6H3. The fourth-order valence-electron chi connectivity index (χ4n) is 3.93. The summed E-state index contributed by atoms with van der Waals surface area (Å²) >= 11 is 0. The lowest BCUT2D eigenvalue weighted by Gasteiger charge is -2.42. The number of phenols is 1. The summed E-state index contributed by atoms with van der Waals surface area (Å²) in [5.74, 6) is -0.478. The average Bonchev–Trinajstić information content (AvgIpc) is 2.70. The van der Waals surface area contributed by atoms with E-state index in [-0.39, 0.29) is 24.0 Å². The van der Waals surface area contributed by atoms with Crippen LogP contribution in [-0.4, -0.2) is 54.6 Å². The zero-order chi connectivity index (χ0) is 21.5. The lowest BCUT2D eigenvalue weighted by molar-refractivity contribution is -0.138. The van der Waals surface area contributed by atoms with Gasteiger partial charge in [-0.25, -0.2) is 4.79 Å². The number of hydrogen-bond acceptors (Lipinski definition) is 6. The summed E-state index contributed by atoms with van der Waals surface area (Å²) in [5, 5.41) is 10.0. The number of esters is 1. The third kappa shape index (κ3) is 3.26. The van der Waals surface area contributed by atoms with Crippen molar-refractivity contribution in [3.8, 4) is 11.5 Å². The topological polar surface area (TPSA) is 79.3 Å². The fourth-order valence-corrected chi connectivity index (χ4v) is 3.93. The molecule has 0 spiro atoms. The minimum absolute atomic E-state index is 0.0165. The number of carbonyl (C=O) groups is 2. The second-order valence-electron chi connectivity index (χ2n) is 7.16. The van der Waals surface area contributed by atoms with Gasteiger partial charge in [-0.2, -0.15) is 0 Å². The van der Waals surface area contributed by atoms with Crippen LogP contribution in [0.3, 0.4) is 0 Å². The van der Waals surface area contributed by atoms with E-state index < -0.39 is 11.9 Å². The molecule has 0 bridgehead atoms. The molecule has 0 saturated heterocycles. The molecular weight excluding hydrogens is 372 g/mol. The first-order valence-electron chi connectivity index (χ1n) is 9.40. The van der Waals surface area contributed by atoms with E-state index in [9.17, 15) is 14.7 Å². The van der Waals surface area contributed by atoms with Gasteiger partial charge in [0.05, 0.1) is 13.7 Å². The van der Waals surface area contributed by atoms with Crippen molar-refractivity contribution in [3.05, 3.63) is 58.6 Å². The van der Waals surface area contributed by atoms with E-state index in [1.54, 1.807) is 26.1 Å². The van der Waals surface area contributed by atoms with E-state index in [0.29, 0.717) is 29.0 Å². The molecule has 1 aliphatic carbocycles. The highest BCUT2D eigenvalue weighted by atomic mass is 16.5. The predicted octanol–water partition coefficient (Wildman–Crippen LogP) is 2.90. The highest BCUT2D eigenvalue weighted by molar-refractivity contribution is 6.03. The Morgan fingerprint density at radius 1 is 1.31 bits per heavy atom. The van der Waals surface area contributed by atoms with Crippen molar-refractivity contribution in [2.75, 3.05) is 27.8 Å². The SMILES string of the molecule is C=C1N(C)C(=O)C2=C(CC(C)=C(C(=O)OCC)C2c2ccc(O)c(OC)c2)N1C. The van der Waals surface area contributed by atoms with Crippen molar-refractivity contribution >= 4 is 11.9 Å². The molecule has 1 heterocycles. The van der Waals surface area contributed by atoms with Crippen molar-refractivity contribution < 1.29 is 24.2 Å². The molecule has 2 aliphatic rings. The average molecular weight is 398 g/mol. The molecule has 3 rings (SSSR count). The van der Waals surface area contributed by atoms with Gasteiger partial charge in [0.1, 0.15) is 5.82 Å². The number of methoxy groups -OCH3 is 1. The Balaban J connectivity index is 2.27. The van der Waals surface area contributed by atoms with Gasteiger partial charge in [0.2, 0.25) is 0 Å². The highest BCUT2D eigenvalue weighted by Crippen LogP contribution is 2.47. The summed E-state index contributed by atoms with van der Waals surface area (Å²) in [6.45, 7) is 7.86. The fraction of sp³-hybridized carbons (Fsp3) is 0.364. The molecule has 0 saturated carbocycles. The Labute approximate surface area is 170 Å². The molecular formula is C22H26N2O5. The van der Waals surface area contributed by atoms with E-state index in [1.165, 1.54) is 18.1 Å². The van der Waals surface area contributed by atoms with Gasteiger partial charge in [-0.15, -0.1) is 0 Å². The van der Waals surface area contributed by atoms with Crippen molar-refractivity contribution in [2.45, 2.75) is 26.2 Å². The third-order valence-corrected chi connectivity index (χ3v) is 5.53. The number of phenolic OH excluding ortho intramolecular Hbond substituents is 1. The Kier molecular flexibility index (Phi) is 5.42. The zero-order valence-electron chi connectivity index (χ0n) is 17.4. The molecule has 7 heteroatoms. The summed E-state index contributed by atoms with van der Waals surface area (Å²) in [5.41, 5.74) is 3.25. The summed E-state index contributed by atoms with van der Waals surface area (Å²) in [6, 6.07) is 4.85. The maximum Gasteiger partial charge on any atom is 0.334 e. The minimum Gasteiger partial charge on any atom is -0.504 e. The van der Waals surface area contributed by atoms with Crippen LogP contribution < -0.4 is 4.74 Å². The third-order valence-electron chi connectivity index (χ3n) is 5.53. The molecule has 0 radical (unpaired) electrons. The quantitative estimate of drug-likeness (QED) is 0.786. The van der Waals surface area contributed by atoms with Crippen LogP contribution in [0.2, 0.25) is 0 Å². The largest absolute Gasteiger partial charge is 0.504 e. The van der Waals surface area contributed by atoms with Crippen molar-refractivity contribution in [3.63, 3.8) is 0 Å². The first kappa shape index (κ1) is 20.5. The number of amides is 1. The molecule has 154 valence electrons. The van der Waals surface area contributed by atoms with Gasteiger partial charge in [0.25, 0.3) is 5.91 Å². The second-order valence-corrected chi connectivity index (χ2v) is 7.16. The summed E-state index contributed by atoms with van der Waals surface area (Å²) in [4.78, 5) is 29.5. The Morgan fingerprint density at radius 2 is 2.00 bits per heavy atom. The number of aromatic hydroxyl groups is 1. The molecule has 1 aromatic rings. The number of ether oxygens (including phenoxy) is 2. The van der Waals surface area contributed by atoms with Crippen LogP contribution in [0.15, 0.2) is 53.0 Å². The summed E-state index contributed by atoms with van der Waals surface area (Å²) < 4.78 is 10.6. The zero-order valence-corrected chi connectivity index (χ0v) is 17.4. The Bertz CT molecular complexity index is 960. The molecule has 1 aromatic carbocycles. The van der Waals surface area contributed by atoms with Crippen LogP contribution in [-0.2, 0) is 14.3 Å². The smallest absolute Gasteiger partial charge is 0.334 e. The molecule has 7 nitrogen and oxygen atoms in total. The maximum absolute atomic E-state index is 13.3. The number of rotatable bonds is 4. The normalized spacial score (nSPS) is 19.6. The predicted molar refractivity (Wildman–Crippen MR) is 108 cm³/mol. The number of likely N-dealkylation sites (N-methyl/N-ethyl adjacent to an activating group) is 1. The molecule has 1 amide bonds. The van der Waals surface area contributed by atoms with Crippen molar-refractivity contribution in [2.24, 2.45) is 0 Å². The molecule has 1 atom stereocenters. The first-order valence-corrected chi connectivity index (χ1v) is 9.40. The van der Waals surface area contributed by atoms with Gasteiger partial charge in [0, 0.05) is 43.3 Å². The Morgan fingerprint density at radius 3 is 2.62 bits per heavy atom. The maximum atomic E-state index is 13.3.